The van der Waals surface area contributed by atoms with Crippen LogP contribution >= 0.6 is 0 Å². The molecule has 2 atom stereocenters. The van der Waals surface area contributed by atoms with Gasteiger partial charge in [0.2, 0.25) is 0 Å². The van der Waals surface area contributed by atoms with Crippen LogP contribution in [0.1, 0.15) is 11.7 Å². The highest BCUT2D eigenvalue weighted by Crippen LogP contribution is 2.22. The number of anilines is 1. The van der Waals surface area contributed by atoms with Crippen molar-refractivity contribution in [3.05, 3.63) is 29.8 Å². The van der Waals surface area contributed by atoms with E-state index in [9.17, 15) is 15.0 Å². The Kier molecular flexibility index (Phi) is 4.59. The Hall–Kier alpha value is -1.63. The van der Waals surface area contributed by atoms with Crippen LogP contribution in [0.5, 0.6) is 0 Å². The van der Waals surface area contributed by atoms with E-state index in [2.05, 4.69) is 16.8 Å². The summed E-state index contributed by atoms with van der Waals surface area (Å²) < 4.78 is 0. The third-order valence-corrected chi connectivity index (χ3v) is 3.66. The zero-order valence-corrected chi connectivity index (χ0v) is 11.4. The number of carboxylic acid groups (broad SMARTS) is 1. The summed E-state index contributed by atoms with van der Waals surface area (Å²) in [5, 5.41) is 27.7. The molecule has 1 saturated heterocycles. The molecule has 1 aliphatic heterocycles. The minimum atomic E-state index is -1.80. The number of carbonyl (C=O) groups is 1. The molecule has 2 rings (SSSR count). The Morgan fingerprint density at radius 3 is 2.15 bits per heavy atom. The van der Waals surface area contributed by atoms with Gasteiger partial charge in [-0.3, -0.25) is 0 Å². The van der Waals surface area contributed by atoms with Crippen LogP contribution in [0.3, 0.4) is 0 Å². The van der Waals surface area contributed by atoms with E-state index in [1.54, 1.807) is 12.1 Å². The Balaban J connectivity index is 2.04. The SMILES string of the molecule is CN1CCN(c2ccc(C(O)C(O)C(=O)O)cc2)CC1. The second-order valence-corrected chi connectivity index (χ2v) is 5.11. The standard InChI is InChI=1S/C14H20N2O4/c1-15-6-8-16(9-7-15)11-4-2-10(3-5-11)12(17)13(18)14(19)20/h2-5,12-13,17-18H,6-9H2,1H3,(H,19,20). The van der Waals surface area contributed by atoms with Gasteiger partial charge in [0.1, 0.15) is 6.10 Å². The van der Waals surface area contributed by atoms with E-state index in [1.165, 1.54) is 0 Å². The average molecular weight is 280 g/mol. The maximum atomic E-state index is 10.6. The highest BCUT2D eigenvalue weighted by molar-refractivity contribution is 5.73. The molecule has 20 heavy (non-hydrogen) atoms. The molecular formula is C14H20N2O4. The van der Waals surface area contributed by atoms with Crippen LogP contribution in [-0.4, -0.2) is 65.5 Å². The number of piperazine rings is 1. The lowest BCUT2D eigenvalue weighted by molar-refractivity contribution is -0.153. The summed E-state index contributed by atoms with van der Waals surface area (Å²) in [5.41, 5.74) is 1.44. The number of aliphatic hydroxyl groups is 2. The number of likely N-dealkylation sites (N-methyl/N-ethyl adjacent to an activating group) is 1. The van der Waals surface area contributed by atoms with Gasteiger partial charge < -0.3 is 25.1 Å². The first-order chi connectivity index (χ1) is 9.49. The molecule has 6 nitrogen and oxygen atoms in total. The maximum Gasteiger partial charge on any atom is 0.335 e. The predicted octanol–water partition coefficient (Wildman–Crippen LogP) is -0.0827. The van der Waals surface area contributed by atoms with E-state index >= 15 is 0 Å². The van der Waals surface area contributed by atoms with Crippen molar-refractivity contribution in [1.29, 1.82) is 0 Å². The van der Waals surface area contributed by atoms with Gasteiger partial charge in [-0.05, 0) is 24.7 Å². The molecule has 0 bridgehead atoms. The molecule has 0 amide bonds. The van der Waals surface area contributed by atoms with Crippen molar-refractivity contribution in [2.75, 3.05) is 38.1 Å². The zero-order chi connectivity index (χ0) is 14.7. The van der Waals surface area contributed by atoms with E-state index in [4.69, 9.17) is 5.11 Å². The Labute approximate surface area is 117 Å². The van der Waals surface area contributed by atoms with Gasteiger partial charge >= 0.3 is 5.97 Å². The molecule has 1 aliphatic rings. The minimum Gasteiger partial charge on any atom is -0.479 e. The van der Waals surface area contributed by atoms with Crippen LogP contribution in [0.4, 0.5) is 5.69 Å². The average Bonchev–Trinajstić information content (AvgIpc) is 2.46. The van der Waals surface area contributed by atoms with Crippen LogP contribution in [0.2, 0.25) is 0 Å². The van der Waals surface area contributed by atoms with Crippen LogP contribution in [0.15, 0.2) is 24.3 Å². The zero-order valence-electron chi connectivity index (χ0n) is 11.4. The van der Waals surface area contributed by atoms with Gasteiger partial charge in [0, 0.05) is 31.9 Å². The Morgan fingerprint density at radius 2 is 1.65 bits per heavy atom. The van der Waals surface area contributed by atoms with Crippen molar-refractivity contribution in [3.8, 4) is 0 Å². The van der Waals surface area contributed by atoms with E-state index in [1.807, 2.05) is 12.1 Å². The molecule has 110 valence electrons. The van der Waals surface area contributed by atoms with Gasteiger partial charge in [0.25, 0.3) is 0 Å². The Morgan fingerprint density at radius 1 is 1.10 bits per heavy atom. The first kappa shape index (κ1) is 14.8. The summed E-state index contributed by atoms with van der Waals surface area (Å²) in [4.78, 5) is 15.1. The number of hydrogen-bond acceptors (Lipinski definition) is 5. The van der Waals surface area contributed by atoms with Crippen molar-refractivity contribution < 1.29 is 20.1 Å². The number of aliphatic hydroxyl groups excluding tert-OH is 2. The maximum absolute atomic E-state index is 10.6. The monoisotopic (exact) mass is 280 g/mol. The largest absolute Gasteiger partial charge is 0.479 e. The lowest BCUT2D eigenvalue weighted by Gasteiger charge is -2.34. The van der Waals surface area contributed by atoms with E-state index in [-0.39, 0.29) is 0 Å². The van der Waals surface area contributed by atoms with Gasteiger partial charge in [-0.1, -0.05) is 12.1 Å². The number of nitrogens with zero attached hydrogens (tertiary/aromatic N) is 2. The quantitative estimate of drug-likeness (QED) is 0.715. The molecule has 1 heterocycles. The molecule has 0 radical (unpaired) electrons. The normalized spacial score (nSPS) is 19.6. The molecule has 0 aliphatic carbocycles. The molecule has 0 aromatic heterocycles. The highest BCUT2D eigenvalue weighted by atomic mass is 16.4. The summed E-state index contributed by atoms with van der Waals surface area (Å²) >= 11 is 0. The topological polar surface area (TPSA) is 84.2 Å². The van der Waals surface area contributed by atoms with Crippen LogP contribution in [0, 0.1) is 0 Å². The van der Waals surface area contributed by atoms with Crippen molar-refractivity contribution in [3.63, 3.8) is 0 Å². The molecule has 0 saturated carbocycles. The second-order valence-electron chi connectivity index (χ2n) is 5.11. The molecule has 2 unspecified atom stereocenters. The molecule has 6 heteroatoms. The third-order valence-electron chi connectivity index (χ3n) is 3.66. The molecule has 1 aromatic carbocycles. The fraction of sp³-hybridized carbons (Fsp3) is 0.500. The number of hydrogen-bond donors (Lipinski definition) is 3. The van der Waals surface area contributed by atoms with Gasteiger partial charge in [-0.25, -0.2) is 4.79 Å². The number of benzene rings is 1. The summed E-state index contributed by atoms with van der Waals surface area (Å²) in [5.74, 6) is -1.43. The molecule has 0 spiro atoms. The molecular weight excluding hydrogens is 260 g/mol. The lowest BCUT2D eigenvalue weighted by atomic mass is 10.0. The first-order valence-corrected chi connectivity index (χ1v) is 6.61. The summed E-state index contributed by atoms with van der Waals surface area (Å²) in [6, 6.07) is 7.01. The van der Waals surface area contributed by atoms with Gasteiger partial charge in [0.05, 0.1) is 0 Å². The van der Waals surface area contributed by atoms with Gasteiger partial charge in [-0.15, -0.1) is 0 Å². The number of carboxylic acids is 1. The van der Waals surface area contributed by atoms with Crippen LogP contribution in [-0.2, 0) is 4.79 Å². The summed E-state index contributed by atoms with van der Waals surface area (Å²) in [7, 11) is 2.09. The van der Waals surface area contributed by atoms with Gasteiger partial charge in [-0.2, -0.15) is 0 Å². The molecule has 1 aromatic rings. The first-order valence-electron chi connectivity index (χ1n) is 6.61. The van der Waals surface area contributed by atoms with Crippen molar-refractivity contribution in [1.82, 2.24) is 4.90 Å². The minimum absolute atomic E-state index is 0.401. The van der Waals surface area contributed by atoms with Gasteiger partial charge in [0.15, 0.2) is 6.10 Å². The fourth-order valence-electron chi connectivity index (χ4n) is 2.26. The Bertz CT molecular complexity index is 455. The van der Waals surface area contributed by atoms with Crippen LogP contribution < -0.4 is 4.90 Å². The van der Waals surface area contributed by atoms with Crippen molar-refractivity contribution in [2.24, 2.45) is 0 Å². The van der Waals surface area contributed by atoms with Crippen molar-refractivity contribution >= 4 is 11.7 Å². The molecule has 1 fully saturated rings. The van der Waals surface area contributed by atoms with E-state index < -0.39 is 18.2 Å². The molecule has 3 N–H and O–H groups in total. The lowest BCUT2D eigenvalue weighted by Crippen LogP contribution is -2.44. The predicted molar refractivity (Wildman–Crippen MR) is 74.8 cm³/mol. The number of aliphatic carboxylic acids is 1. The smallest absolute Gasteiger partial charge is 0.335 e. The van der Waals surface area contributed by atoms with Crippen molar-refractivity contribution in [2.45, 2.75) is 12.2 Å². The van der Waals surface area contributed by atoms with Crippen LogP contribution in [0.25, 0.3) is 0 Å². The highest BCUT2D eigenvalue weighted by Gasteiger charge is 2.25. The fourth-order valence-corrected chi connectivity index (χ4v) is 2.26. The second kappa shape index (κ2) is 6.21. The summed E-state index contributed by atoms with van der Waals surface area (Å²) in [6.07, 6.45) is -3.21. The van der Waals surface area contributed by atoms with E-state index in [0.29, 0.717) is 5.56 Å². The number of rotatable bonds is 4. The third kappa shape index (κ3) is 3.27. The van der Waals surface area contributed by atoms with E-state index in [0.717, 1.165) is 31.9 Å². The summed E-state index contributed by atoms with van der Waals surface area (Å²) in [6.45, 7) is 3.89.